The van der Waals surface area contributed by atoms with Crippen LogP contribution in [0.25, 0.3) is 27.0 Å². The number of carbonyl (C=O) groups excluding carboxylic acids is 1. The van der Waals surface area contributed by atoms with E-state index in [2.05, 4.69) is 22.4 Å². The van der Waals surface area contributed by atoms with Gasteiger partial charge in [-0.25, -0.2) is 11.0 Å². The first-order chi connectivity index (χ1) is 21.5. The van der Waals surface area contributed by atoms with Gasteiger partial charge in [-0.05, 0) is 80.7 Å². The zero-order valence-electron chi connectivity index (χ0n) is 24.8. The lowest BCUT2D eigenvalue weighted by atomic mass is 9.95. The third kappa shape index (κ3) is 4.35. The minimum atomic E-state index is -0.465. The van der Waals surface area contributed by atoms with Crippen LogP contribution < -0.4 is 9.64 Å². The highest BCUT2D eigenvalue weighted by Crippen LogP contribution is 2.58. The highest BCUT2D eigenvalue weighted by atomic mass is 19.1. The molecule has 0 spiro atoms. The molecule has 0 radical (unpaired) electrons. The molecular formula is C34H36FN7O2. The van der Waals surface area contributed by atoms with Gasteiger partial charge in [0, 0.05) is 31.4 Å². The number of rotatable bonds is 7. The number of ether oxygens (including phenoxy) is 1. The lowest BCUT2D eigenvalue weighted by Gasteiger charge is -2.39. The van der Waals surface area contributed by atoms with E-state index in [4.69, 9.17) is 26.3 Å². The minimum Gasteiger partial charge on any atom is -0.461 e. The van der Waals surface area contributed by atoms with E-state index >= 15 is 4.39 Å². The molecule has 3 aliphatic heterocycles. The van der Waals surface area contributed by atoms with Gasteiger partial charge in [-0.2, -0.15) is 9.97 Å². The van der Waals surface area contributed by atoms with Crippen molar-refractivity contribution in [1.82, 2.24) is 24.8 Å². The maximum atomic E-state index is 16.7. The second kappa shape index (κ2) is 10.5. The summed E-state index contributed by atoms with van der Waals surface area (Å²) in [5.41, 5.74) is 3.89. The summed E-state index contributed by atoms with van der Waals surface area (Å²) in [6, 6.07) is 5.94. The zero-order chi connectivity index (χ0) is 30.0. The average molecular weight is 594 g/mol. The molecule has 3 atom stereocenters. The molecule has 0 bridgehead atoms. The van der Waals surface area contributed by atoms with Crippen molar-refractivity contribution in [3.8, 4) is 17.3 Å². The number of benzene rings is 1. The lowest BCUT2D eigenvalue weighted by molar-refractivity contribution is -0.128. The van der Waals surface area contributed by atoms with Crippen LogP contribution in [-0.4, -0.2) is 88.1 Å². The molecule has 1 saturated carbocycles. The number of aromatic nitrogens is 3. The van der Waals surface area contributed by atoms with E-state index in [9.17, 15) is 4.79 Å². The lowest BCUT2D eigenvalue weighted by Crippen LogP contribution is -2.56. The maximum Gasteiger partial charge on any atom is 0.319 e. The fourth-order valence-electron chi connectivity index (χ4n) is 8.44. The molecule has 5 aliphatic rings. The van der Waals surface area contributed by atoms with Crippen LogP contribution in [0, 0.1) is 18.3 Å². The number of fused-ring (bicyclic) bond motifs is 5. The first-order valence-electron chi connectivity index (χ1n) is 15.9. The molecule has 2 aromatic heterocycles. The van der Waals surface area contributed by atoms with Crippen LogP contribution in [0.15, 0.2) is 37.1 Å². The molecule has 226 valence electrons. The number of nitrogens with zero attached hydrogens (tertiary/aromatic N) is 7. The van der Waals surface area contributed by atoms with Crippen molar-refractivity contribution in [2.24, 2.45) is 5.92 Å². The SMILES string of the molecule is [C-]#[N+]C[C@H]1CN(c2nc(OCC34CCCN3CCC4)nc3c(F)c(-c4cccc5c4C4CC4C5)ncc23)CCN1C(=O)C=C. The summed E-state index contributed by atoms with van der Waals surface area (Å²) in [5, 5.41) is 0.502. The van der Waals surface area contributed by atoms with Gasteiger partial charge in [-0.15, -0.1) is 0 Å². The number of anilines is 1. The van der Waals surface area contributed by atoms with Crippen molar-refractivity contribution in [1.29, 1.82) is 0 Å². The number of halogens is 1. The monoisotopic (exact) mass is 593 g/mol. The van der Waals surface area contributed by atoms with E-state index in [-0.39, 0.29) is 35.6 Å². The summed E-state index contributed by atoms with van der Waals surface area (Å²) in [4.78, 5) is 36.7. The Hall–Kier alpha value is -4.10. The Bertz CT molecular complexity index is 1710. The van der Waals surface area contributed by atoms with Crippen LogP contribution in [0.4, 0.5) is 10.2 Å². The van der Waals surface area contributed by atoms with Gasteiger partial charge < -0.3 is 19.4 Å². The average Bonchev–Trinajstić information content (AvgIpc) is 3.33. The number of carbonyl (C=O) groups is 1. The van der Waals surface area contributed by atoms with Gasteiger partial charge in [0.1, 0.15) is 29.7 Å². The summed E-state index contributed by atoms with van der Waals surface area (Å²) in [6.07, 6.45) is 9.64. The van der Waals surface area contributed by atoms with E-state index in [0.717, 1.165) is 57.2 Å². The van der Waals surface area contributed by atoms with E-state index in [1.807, 2.05) is 17.0 Å². The van der Waals surface area contributed by atoms with Gasteiger partial charge in [-0.1, -0.05) is 24.8 Å². The Morgan fingerprint density at radius 3 is 2.84 bits per heavy atom. The Morgan fingerprint density at radius 1 is 1.20 bits per heavy atom. The van der Waals surface area contributed by atoms with E-state index in [0.29, 0.717) is 55.0 Å². The van der Waals surface area contributed by atoms with Gasteiger partial charge in [0.2, 0.25) is 12.5 Å². The van der Waals surface area contributed by atoms with E-state index in [1.54, 1.807) is 11.1 Å². The van der Waals surface area contributed by atoms with E-state index in [1.165, 1.54) is 17.2 Å². The largest absolute Gasteiger partial charge is 0.461 e. The second-order valence-corrected chi connectivity index (χ2v) is 13.1. The maximum absolute atomic E-state index is 16.7. The third-order valence-corrected chi connectivity index (χ3v) is 10.7. The van der Waals surface area contributed by atoms with Crippen LogP contribution in [0.5, 0.6) is 6.01 Å². The molecule has 8 rings (SSSR count). The predicted molar refractivity (Wildman–Crippen MR) is 165 cm³/mol. The van der Waals surface area contributed by atoms with Crippen LogP contribution in [0.2, 0.25) is 0 Å². The van der Waals surface area contributed by atoms with Gasteiger partial charge in [0.05, 0.1) is 10.9 Å². The first-order valence-corrected chi connectivity index (χ1v) is 15.9. The van der Waals surface area contributed by atoms with Gasteiger partial charge >= 0.3 is 6.01 Å². The van der Waals surface area contributed by atoms with Crippen LogP contribution in [0.1, 0.15) is 49.1 Å². The van der Waals surface area contributed by atoms with Crippen molar-refractivity contribution >= 4 is 22.6 Å². The molecule has 1 amide bonds. The molecule has 1 aromatic carbocycles. The van der Waals surface area contributed by atoms with Gasteiger partial charge in [-0.3, -0.25) is 14.7 Å². The fraction of sp³-hybridized carbons (Fsp3) is 0.500. The van der Waals surface area contributed by atoms with E-state index < -0.39 is 5.82 Å². The fourth-order valence-corrected chi connectivity index (χ4v) is 8.44. The molecule has 5 heterocycles. The number of pyridine rings is 1. The van der Waals surface area contributed by atoms with Crippen molar-refractivity contribution in [3.63, 3.8) is 0 Å². The quantitative estimate of drug-likeness (QED) is 0.292. The number of piperazine rings is 1. The van der Waals surface area contributed by atoms with Crippen molar-refractivity contribution in [3.05, 3.63) is 65.4 Å². The third-order valence-electron chi connectivity index (χ3n) is 10.7. The van der Waals surface area contributed by atoms with Crippen LogP contribution in [0.3, 0.4) is 0 Å². The molecule has 44 heavy (non-hydrogen) atoms. The molecule has 0 N–H and O–H groups in total. The molecule has 9 nitrogen and oxygen atoms in total. The second-order valence-electron chi connectivity index (χ2n) is 13.1. The molecule has 10 heteroatoms. The van der Waals surface area contributed by atoms with Crippen molar-refractivity contribution < 1.29 is 13.9 Å². The van der Waals surface area contributed by atoms with Crippen molar-refractivity contribution in [2.75, 3.05) is 50.8 Å². The van der Waals surface area contributed by atoms with Gasteiger partial charge in [0.25, 0.3) is 0 Å². The Balaban J connectivity index is 1.21. The summed E-state index contributed by atoms with van der Waals surface area (Å²) >= 11 is 0. The van der Waals surface area contributed by atoms with Crippen LogP contribution in [-0.2, 0) is 11.2 Å². The molecule has 2 aliphatic carbocycles. The normalized spacial score (nSPS) is 25.0. The molecule has 4 fully saturated rings. The summed E-state index contributed by atoms with van der Waals surface area (Å²) in [7, 11) is 0. The molecule has 3 saturated heterocycles. The zero-order valence-corrected chi connectivity index (χ0v) is 24.8. The summed E-state index contributed by atoms with van der Waals surface area (Å²) in [6.45, 7) is 15.2. The van der Waals surface area contributed by atoms with Gasteiger partial charge in [0.15, 0.2) is 5.82 Å². The predicted octanol–water partition coefficient (Wildman–Crippen LogP) is 4.62. The highest BCUT2D eigenvalue weighted by Gasteiger charge is 2.47. The molecule has 2 unspecified atom stereocenters. The topological polar surface area (TPSA) is 79.1 Å². The number of amides is 1. The number of hydrogen-bond donors (Lipinski definition) is 0. The standard InChI is InChI=1S/C34H36FN7O2/c1-3-27(43)42-14-13-40(19-23(42)17-36-2)32-26-18-37-30(24-8-4-7-21-15-22-16-25(22)28(21)24)29(35)31(26)38-33(39-32)44-20-34-9-5-11-41(34)12-6-10-34/h3-4,7-8,18,22-23,25H,1,5-6,9-17,19-20H2/t22?,23-,25?/m0/s1. The highest BCUT2D eigenvalue weighted by molar-refractivity contribution is 5.93. The summed E-state index contributed by atoms with van der Waals surface area (Å²) < 4.78 is 23.1. The van der Waals surface area contributed by atoms with Crippen LogP contribution >= 0.6 is 0 Å². The Kier molecular flexibility index (Phi) is 6.56. The Morgan fingerprint density at radius 2 is 2.05 bits per heavy atom. The number of hydrogen-bond acceptors (Lipinski definition) is 7. The van der Waals surface area contributed by atoms with Crippen molar-refractivity contribution in [2.45, 2.75) is 56.0 Å². The molecule has 3 aromatic rings. The summed E-state index contributed by atoms with van der Waals surface area (Å²) in [5.74, 6) is 1.03. The Labute approximate surface area is 256 Å². The minimum absolute atomic E-state index is 0.0107. The molecular weight excluding hydrogens is 557 g/mol. The smallest absolute Gasteiger partial charge is 0.319 e. The first kappa shape index (κ1) is 27.4.